The average molecular weight is 330 g/mol. The molecule has 3 atom stereocenters. The molecule has 0 radical (unpaired) electrons. The molecule has 2 aromatic rings. The van der Waals surface area contributed by atoms with E-state index in [1.54, 1.807) is 11.3 Å². The molecule has 1 aliphatic carbocycles. The van der Waals surface area contributed by atoms with Crippen molar-refractivity contribution < 1.29 is 9.18 Å². The molecular formula is C18H19FN2OS. The van der Waals surface area contributed by atoms with Crippen molar-refractivity contribution in [2.24, 2.45) is 5.92 Å². The fraction of sp³-hybridized carbons (Fsp3) is 0.444. The Bertz CT molecular complexity index is 686. The van der Waals surface area contributed by atoms with E-state index in [2.05, 4.69) is 4.98 Å². The third-order valence-corrected chi connectivity index (χ3v) is 5.88. The number of hydrogen-bond acceptors (Lipinski definition) is 3. The number of piperidine rings is 1. The summed E-state index contributed by atoms with van der Waals surface area (Å²) in [4.78, 5) is 19.2. The number of rotatable bonds is 3. The van der Waals surface area contributed by atoms with E-state index in [4.69, 9.17) is 0 Å². The van der Waals surface area contributed by atoms with E-state index in [0.29, 0.717) is 5.92 Å². The van der Waals surface area contributed by atoms with Crippen molar-refractivity contribution in [1.29, 1.82) is 0 Å². The highest BCUT2D eigenvalue weighted by Gasteiger charge is 2.46. The zero-order chi connectivity index (χ0) is 15.8. The van der Waals surface area contributed by atoms with Gasteiger partial charge >= 0.3 is 0 Å². The van der Waals surface area contributed by atoms with Crippen LogP contribution in [0.5, 0.6) is 0 Å². The fourth-order valence-corrected chi connectivity index (χ4v) is 4.36. The monoisotopic (exact) mass is 330 g/mol. The fourth-order valence-electron chi connectivity index (χ4n) is 3.60. The molecule has 0 unspecified atom stereocenters. The molecule has 120 valence electrons. The maximum atomic E-state index is 13.0. The van der Waals surface area contributed by atoms with E-state index < -0.39 is 0 Å². The van der Waals surface area contributed by atoms with E-state index >= 15 is 0 Å². The lowest BCUT2D eigenvalue weighted by Gasteiger charge is -2.32. The molecule has 4 rings (SSSR count). The summed E-state index contributed by atoms with van der Waals surface area (Å²) >= 11 is 1.68. The third kappa shape index (κ3) is 3.02. The summed E-state index contributed by atoms with van der Waals surface area (Å²) in [6.07, 6.45) is 4.89. The first-order valence-corrected chi connectivity index (χ1v) is 9.04. The van der Waals surface area contributed by atoms with Crippen molar-refractivity contribution in [2.75, 3.05) is 13.1 Å². The Morgan fingerprint density at radius 3 is 2.87 bits per heavy atom. The first-order chi connectivity index (χ1) is 11.2. The molecule has 1 amide bonds. The van der Waals surface area contributed by atoms with Gasteiger partial charge in [0.25, 0.3) is 0 Å². The molecule has 3 nitrogen and oxygen atoms in total. The molecule has 0 spiro atoms. The van der Waals surface area contributed by atoms with Crippen LogP contribution in [0.15, 0.2) is 35.8 Å². The van der Waals surface area contributed by atoms with Crippen molar-refractivity contribution in [3.8, 4) is 0 Å². The van der Waals surface area contributed by atoms with Gasteiger partial charge in [0.2, 0.25) is 5.91 Å². The highest BCUT2D eigenvalue weighted by Crippen LogP contribution is 2.49. The number of thiazole rings is 1. The number of nitrogens with zero attached hydrogens (tertiary/aromatic N) is 2. The zero-order valence-corrected chi connectivity index (χ0v) is 13.6. The van der Waals surface area contributed by atoms with E-state index in [-0.39, 0.29) is 23.6 Å². The van der Waals surface area contributed by atoms with E-state index in [1.165, 1.54) is 12.1 Å². The molecule has 1 aliphatic heterocycles. The Labute approximate surface area is 139 Å². The largest absolute Gasteiger partial charge is 0.342 e. The molecule has 5 heteroatoms. The molecule has 2 aliphatic rings. The Balaban J connectivity index is 1.40. The SMILES string of the molecule is O=C([C@@H]1C[C@@H]1c1ccc(F)cc1)N1CCC[C@H](c2nccs2)C1. The van der Waals surface area contributed by atoms with Gasteiger partial charge in [0.15, 0.2) is 0 Å². The summed E-state index contributed by atoms with van der Waals surface area (Å²) < 4.78 is 13.0. The van der Waals surface area contributed by atoms with Gasteiger partial charge < -0.3 is 4.90 Å². The van der Waals surface area contributed by atoms with E-state index in [1.807, 2.05) is 28.6 Å². The van der Waals surface area contributed by atoms with E-state index in [9.17, 15) is 9.18 Å². The van der Waals surface area contributed by atoms with Crippen molar-refractivity contribution >= 4 is 17.2 Å². The van der Waals surface area contributed by atoms with Gasteiger partial charge in [-0.3, -0.25) is 4.79 Å². The lowest BCUT2D eigenvalue weighted by molar-refractivity contribution is -0.133. The molecule has 1 aromatic carbocycles. The van der Waals surface area contributed by atoms with Crippen molar-refractivity contribution in [3.63, 3.8) is 0 Å². The number of benzene rings is 1. The van der Waals surface area contributed by atoms with Crippen LogP contribution in [-0.4, -0.2) is 28.9 Å². The minimum Gasteiger partial charge on any atom is -0.342 e. The maximum Gasteiger partial charge on any atom is 0.226 e. The van der Waals surface area contributed by atoms with Gasteiger partial charge in [-0.15, -0.1) is 11.3 Å². The van der Waals surface area contributed by atoms with Crippen LogP contribution in [-0.2, 0) is 4.79 Å². The molecule has 1 aromatic heterocycles. The second kappa shape index (κ2) is 6.04. The highest BCUT2D eigenvalue weighted by molar-refractivity contribution is 7.09. The summed E-state index contributed by atoms with van der Waals surface area (Å²) in [5.74, 6) is 0.773. The Hall–Kier alpha value is -1.75. The second-order valence-corrected chi connectivity index (χ2v) is 7.42. The minimum absolute atomic E-state index is 0.0792. The van der Waals surface area contributed by atoms with E-state index in [0.717, 1.165) is 42.9 Å². The van der Waals surface area contributed by atoms with Gasteiger partial charge in [0, 0.05) is 36.5 Å². The summed E-state index contributed by atoms with van der Waals surface area (Å²) in [6.45, 7) is 1.65. The number of hydrogen-bond donors (Lipinski definition) is 0. The van der Waals surface area contributed by atoms with Crippen LogP contribution < -0.4 is 0 Å². The Morgan fingerprint density at radius 2 is 2.13 bits per heavy atom. The van der Waals surface area contributed by atoms with Crippen molar-refractivity contribution in [3.05, 3.63) is 52.2 Å². The second-order valence-electron chi connectivity index (χ2n) is 6.49. The van der Waals surface area contributed by atoms with Crippen molar-refractivity contribution in [1.82, 2.24) is 9.88 Å². The minimum atomic E-state index is -0.223. The normalized spacial score (nSPS) is 27.0. The maximum absolute atomic E-state index is 13.0. The predicted molar refractivity (Wildman–Crippen MR) is 87.9 cm³/mol. The first kappa shape index (κ1) is 14.8. The number of aromatic nitrogens is 1. The van der Waals surface area contributed by atoms with Crippen LogP contribution >= 0.6 is 11.3 Å². The van der Waals surface area contributed by atoms with Gasteiger partial charge in [-0.2, -0.15) is 0 Å². The lowest BCUT2D eigenvalue weighted by atomic mass is 9.98. The quantitative estimate of drug-likeness (QED) is 0.858. The summed E-state index contributed by atoms with van der Waals surface area (Å²) in [5.41, 5.74) is 1.08. The van der Waals surface area contributed by atoms with Crippen LogP contribution in [0.2, 0.25) is 0 Å². The topological polar surface area (TPSA) is 33.2 Å². The molecule has 1 saturated heterocycles. The third-order valence-electron chi connectivity index (χ3n) is 4.94. The Morgan fingerprint density at radius 1 is 1.30 bits per heavy atom. The molecule has 0 bridgehead atoms. The Kier molecular flexibility index (Phi) is 3.89. The van der Waals surface area contributed by atoms with Gasteiger partial charge in [-0.25, -0.2) is 9.37 Å². The van der Waals surface area contributed by atoms with Crippen molar-refractivity contribution in [2.45, 2.75) is 31.1 Å². The zero-order valence-electron chi connectivity index (χ0n) is 12.8. The van der Waals surface area contributed by atoms with Gasteiger partial charge in [-0.1, -0.05) is 12.1 Å². The molecule has 23 heavy (non-hydrogen) atoms. The number of halogens is 1. The van der Waals surface area contributed by atoms with Gasteiger partial charge in [0.05, 0.1) is 5.01 Å². The summed E-state index contributed by atoms with van der Waals surface area (Å²) in [7, 11) is 0. The number of carbonyl (C=O) groups is 1. The predicted octanol–water partition coefficient (Wildman–Crippen LogP) is 3.79. The van der Waals surface area contributed by atoms with Crippen LogP contribution in [0, 0.1) is 11.7 Å². The van der Waals surface area contributed by atoms with Gasteiger partial charge in [0.1, 0.15) is 5.82 Å². The van der Waals surface area contributed by atoms with Crippen LogP contribution in [0.3, 0.4) is 0 Å². The molecule has 2 heterocycles. The molecule has 1 saturated carbocycles. The smallest absolute Gasteiger partial charge is 0.226 e. The number of carbonyl (C=O) groups excluding carboxylic acids is 1. The molecular weight excluding hydrogens is 311 g/mol. The van der Waals surface area contributed by atoms with Crippen LogP contribution in [0.4, 0.5) is 4.39 Å². The average Bonchev–Trinajstić information content (AvgIpc) is 3.18. The van der Waals surface area contributed by atoms with Gasteiger partial charge in [-0.05, 0) is 42.9 Å². The highest BCUT2D eigenvalue weighted by atomic mass is 32.1. The summed E-state index contributed by atoms with van der Waals surface area (Å²) in [6, 6.07) is 6.58. The number of likely N-dealkylation sites (tertiary alicyclic amines) is 1. The molecule has 0 N–H and O–H groups in total. The van der Waals surface area contributed by atoms with Crippen LogP contribution in [0.1, 0.15) is 41.7 Å². The standard InChI is InChI=1S/C18H19FN2OS/c19-14-5-3-12(4-6-14)15-10-16(15)18(22)21-8-1-2-13(11-21)17-20-7-9-23-17/h3-7,9,13,15-16H,1-2,8,10-11H2/t13-,15+,16+/m0/s1. The summed E-state index contributed by atoms with van der Waals surface area (Å²) in [5, 5.41) is 3.15. The first-order valence-electron chi connectivity index (χ1n) is 8.16. The molecule has 2 fully saturated rings. The lowest BCUT2D eigenvalue weighted by Crippen LogP contribution is -2.40. The number of amides is 1. The van der Waals surface area contributed by atoms with Crippen LogP contribution in [0.25, 0.3) is 0 Å².